The summed E-state index contributed by atoms with van der Waals surface area (Å²) < 4.78 is 42.7. The summed E-state index contributed by atoms with van der Waals surface area (Å²) in [6.07, 6.45) is 0. The lowest BCUT2D eigenvalue weighted by molar-refractivity contribution is -0.502. The van der Waals surface area contributed by atoms with Gasteiger partial charge in [-0.25, -0.2) is 0 Å². The van der Waals surface area contributed by atoms with Crippen molar-refractivity contribution in [3.05, 3.63) is 12.2 Å². The fraction of sp³-hybridized carbons (Fsp3) is 0.789. The molecule has 0 saturated carbocycles. The summed E-state index contributed by atoms with van der Waals surface area (Å²) in [5.41, 5.74) is -1.18. The largest absolute Gasteiger partial charge is 0.545 e. The Morgan fingerprint density at radius 3 is 1.39 bits per heavy atom. The molecule has 0 N–H and O–H groups in total. The van der Waals surface area contributed by atoms with E-state index in [-0.39, 0.29) is 26.4 Å². The van der Waals surface area contributed by atoms with Gasteiger partial charge in [-0.15, -0.1) is 0 Å². The summed E-state index contributed by atoms with van der Waals surface area (Å²) in [4.78, 5) is 23.9. The van der Waals surface area contributed by atoms with Gasteiger partial charge in [0.05, 0.1) is 5.97 Å². The topological polar surface area (TPSA) is 154 Å². The van der Waals surface area contributed by atoms with Crippen LogP contribution in [-0.4, -0.2) is 83.5 Å². The van der Waals surface area contributed by atoms with Crippen LogP contribution in [0.1, 0.15) is 27.7 Å². The number of carbonyl (C=O) groups is 2. The van der Waals surface area contributed by atoms with E-state index >= 15 is 0 Å². The Balaban J connectivity index is 6.64. The van der Waals surface area contributed by atoms with Crippen molar-refractivity contribution in [3.8, 4) is 0 Å². The van der Waals surface area contributed by atoms with Crippen LogP contribution in [0.3, 0.4) is 0 Å². The van der Waals surface area contributed by atoms with Crippen LogP contribution in [0, 0.1) is 0 Å². The van der Waals surface area contributed by atoms with E-state index in [9.17, 15) is 19.8 Å². The lowest BCUT2D eigenvalue weighted by Crippen LogP contribution is -2.66. The first-order chi connectivity index (χ1) is 14.6. The second-order valence-corrected chi connectivity index (χ2v) is 5.79. The summed E-state index contributed by atoms with van der Waals surface area (Å²) in [5, 5.41) is 23.9. The van der Waals surface area contributed by atoms with Gasteiger partial charge in [0, 0.05) is 46.2 Å². The molecule has 0 rings (SSSR count). The van der Waals surface area contributed by atoms with Crippen molar-refractivity contribution < 1.29 is 57.7 Å². The Hall–Kier alpha value is -1.64. The van der Waals surface area contributed by atoms with Crippen molar-refractivity contribution in [1.82, 2.24) is 0 Å². The Labute approximate surface area is 181 Å². The zero-order valence-corrected chi connectivity index (χ0v) is 18.8. The van der Waals surface area contributed by atoms with E-state index in [4.69, 9.17) is 37.9 Å². The highest BCUT2D eigenvalue weighted by molar-refractivity contribution is 5.95. The third-order valence-electron chi connectivity index (χ3n) is 3.83. The molecule has 2 atom stereocenters. The second-order valence-electron chi connectivity index (χ2n) is 5.79. The van der Waals surface area contributed by atoms with Crippen LogP contribution in [0.25, 0.3) is 0 Å². The van der Waals surface area contributed by atoms with Gasteiger partial charge in [-0.2, -0.15) is 0 Å². The Kier molecular flexibility index (Phi) is 13.0. The fourth-order valence-corrected chi connectivity index (χ4v) is 2.34. The van der Waals surface area contributed by atoms with Crippen LogP contribution in [0.5, 0.6) is 0 Å². The van der Waals surface area contributed by atoms with Crippen molar-refractivity contribution in [3.63, 3.8) is 0 Å². The number of aliphatic carboxylic acids is 2. The van der Waals surface area contributed by atoms with Crippen LogP contribution in [-0.2, 0) is 47.5 Å². The second kappa shape index (κ2) is 13.7. The SMILES string of the molecule is C=C(C(=O)[O-])C(OC(COCC)(OC)OCC)(OC(COCC)(OC)OCC)C(=O)[O-]. The fourth-order valence-electron chi connectivity index (χ4n) is 2.34. The lowest BCUT2D eigenvalue weighted by atomic mass is 10.1. The predicted molar refractivity (Wildman–Crippen MR) is 99.8 cm³/mol. The molecule has 0 amide bonds. The molecule has 12 nitrogen and oxygen atoms in total. The zero-order valence-electron chi connectivity index (χ0n) is 18.8. The normalized spacial score (nSPS) is 17.4. The lowest BCUT2D eigenvalue weighted by Gasteiger charge is -2.46. The summed E-state index contributed by atoms with van der Waals surface area (Å²) in [6, 6.07) is 0. The molecule has 0 saturated heterocycles. The van der Waals surface area contributed by atoms with Gasteiger partial charge in [-0.3, -0.25) is 9.47 Å². The summed E-state index contributed by atoms with van der Waals surface area (Å²) in [7, 11) is 2.26. The van der Waals surface area contributed by atoms with Gasteiger partial charge in [0.15, 0.2) is 0 Å². The molecular weight excluding hydrogens is 420 g/mol. The number of carbonyl (C=O) groups excluding carboxylic acids is 2. The van der Waals surface area contributed by atoms with E-state index in [1.165, 1.54) is 0 Å². The Morgan fingerprint density at radius 1 is 0.774 bits per heavy atom. The van der Waals surface area contributed by atoms with Gasteiger partial charge < -0.3 is 48.2 Å². The van der Waals surface area contributed by atoms with Crippen LogP contribution in [0.4, 0.5) is 0 Å². The average Bonchev–Trinajstić information content (AvgIpc) is 2.74. The molecule has 0 aromatic carbocycles. The molecular formula is C19H32O12-2. The van der Waals surface area contributed by atoms with Crippen molar-refractivity contribution in [2.75, 3.05) is 53.9 Å². The maximum Gasteiger partial charge on any atom is 0.310 e. The molecule has 0 heterocycles. The first kappa shape index (κ1) is 29.4. The quantitative estimate of drug-likeness (QED) is 0.166. The first-order valence-corrected chi connectivity index (χ1v) is 9.64. The van der Waals surface area contributed by atoms with E-state index < -0.39 is 48.5 Å². The number of hydrogen-bond acceptors (Lipinski definition) is 12. The molecule has 0 radical (unpaired) electrons. The zero-order chi connectivity index (χ0) is 24.1. The number of ether oxygens (including phenoxy) is 8. The molecule has 0 fully saturated rings. The molecule has 0 aliphatic rings. The summed E-state index contributed by atoms with van der Waals surface area (Å²) >= 11 is 0. The van der Waals surface area contributed by atoms with E-state index in [1.54, 1.807) is 27.7 Å². The van der Waals surface area contributed by atoms with E-state index in [0.717, 1.165) is 14.2 Å². The Bertz CT molecular complexity index is 552. The van der Waals surface area contributed by atoms with Gasteiger partial charge in [-0.05, 0) is 27.7 Å². The van der Waals surface area contributed by atoms with Crippen molar-refractivity contribution in [2.24, 2.45) is 0 Å². The van der Waals surface area contributed by atoms with Gasteiger partial charge >= 0.3 is 11.9 Å². The maximum atomic E-state index is 12.3. The summed E-state index contributed by atoms with van der Waals surface area (Å²) in [6.45, 7) is 9.00. The number of carboxylic acid groups (broad SMARTS) is 2. The van der Waals surface area contributed by atoms with Gasteiger partial charge in [0.2, 0.25) is 5.79 Å². The number of hydrogen-bond donors (Lipinski definition) is 0. The maximum absolute atomic E-state index is 12.3. The average molecular weight is 452 g/mol. The monoisotopic (exact) mass is 452 g/mol. The van der Waals surface area contributed by atoms with Crippen molar-refractivity contribution >= 4 is 11.9 Å². The number of methoxy groups -OCH3 is 2. The highest BCUT2D eigenvalue weighted by Gasteiger charge is 2.54. The van der Waals surface area contributed by atoms with Crippen LogP contribution in [0.15, 0.2) is 12.2 Å². The summed E-state index contributed by atoms with van der Waals surface area (Å²) in [5.74, 6) is -11.9. The van der Waals surface area contributed by atoms with Crippen molar-refractivity contribution in [2.45, 2.75) is 45.4 Å². The molecule has 31 heavy (non-hydrogen) atoms. The van der Waals surface area contributed by atoms with Crippen LogP contribution < -0.4 is 10.2 Å². The third-order valence-corrected chi connectivity index (χ3v) is 3.83. The minimum atomic E-state index is -3.26. The Morgan fingerprint density at radius 2 is 1.16 bits per heavy atom. The van der Waals surface area contributed by atoms with Crippen molar-refractivity contribution in [1.29, 1.82) is 0 Å². The third kappa shape index (κ3) is 7.77. The van der Waals surface area contributed by atoms with Gasteiger partial charge in [-0.1, -0.05) is 6.58 Å². The van der Waals surface area contributed by atoms with E-state index in [2.05, 4.69) is 6.58 Å². The molecule has 12 heteroatoms. The molecule has 0 aliphatic heterocycles. The standard InChI is InChI=1S/C19H34O12/c1-8-26-12-17(24-6,28-10-3)30-19(16(22)23,14(5)15(20)21)31-18(25-7,29-11-4)13-27-9-2/h5,8-13H2,1-4,6-7H3,(H,20,21)(H,22,23)/p-2. The smallest absolute Gasteiger partial charge is 0.310 e. The van der Waals surface area contributed by atoms with Crippen LogP contribution >= 0.6 is 0 Å². The van der Waals surface area contributed by atoms with E-state index in [0.29, 0.717) is 0 Å². The number of rotatable bonds is 19. The minimum absolute atomic E-state index is 0.0400. The highest BCUT2D eigenvalue weighted by Crippen LogP contribution is 2.35. The van der Waals surface area contributed by atoms with Gasteiger partial charge in [0.25, 0.3) is 0 Å². The number of carboxylic acids is 2. The molecule has 182 valence electrons. The molecule has 0 bridgehead atoms. The molecule has 2 unspecified atom stereocenters. The van der Waals surface area contributed by atoms with Gasteiger partial charge in [0.1, 0.15) is 19.2 Å². The van der Waals surface area contributed by atoms with E-state index in [1.807, 2.05) is 0 Å². The minimum Gasteiger partial charge on any atom is -0.545 e. The van der Waals surface area contributed by atoms with Crippen LogP contribution in [0.2, 0.25) is 0 Å². The predicted octanol–water partition coefficient (Wildman–Crippen LogP) is -1.48. The molecule has 0 aliphatic carbocycles. The molecule has 0 aromatic heterocycles. The molecule has 0 aromatic rings. The molecule has 0 spiro atoms. The first-order valence-electron chi connectivity index (χ1n) is 9.64. The highest BCUT2D eigenvalue weighted by atomic mass is 17.0.